The number of benzene rings is 1. The molecule has 4 nitrogen and oxygen atoms in total. The Bertz CT molecular complexity index is 597. The summed E-state index contributed by atoms with van der Waals surface area (Å²) in [6, 6.07) is 5.16. The predicted molar refractivity (Wildman–Crippen MR) is 74.7 cm³/mol. The van der Waals surface area contributed by atoms with E-state index < -0.39 is 0 Å². The molecular weight excluding hydrogens is 287 g/mol. The van der Waals surface area contributed by atoms with E-state index in [1.807, 2.05) is 14.0 Å². The monoisotopic (exact) mass is 300 g/mol. The van der Waals surface area contributed by atoms with Crippen LogP contribution in [0.3, 0.4) is 0 Å². The summed E-state index contributed by atoms with van der Waals surface area (Å²) in [6.07, 6.45) is 0. The molecule has 0 bridgehead atoms. The van der Waals surface area contributed by atoms with Crippen molar-refractivity contribution in [2.24, 2.45) is 7.05 Å². The smallest absolute Gasteiger partial charge is 0.138 e. The van der Waals surface area contributed by atoms with Gasteiger partial charge in [0.1, 0.15) is 12.4 Å². The van der Waals surface area contributed by atoms with Crippen LogP contribution in [-0.4, -0.2) is 14.9 Å². The van der Waals surface area contributed by atoms with Crippen molar-refractivity contribution in [2.45, 2.75) is 20.1 Å². The van der Waals surface area contributed by atoms with Gasteiger partial charge < -0.3 is 9.84 Å². The van der Waals surface area contributed by atoms with Crippen LogP contribution < -0.4 is 4.74 Å². The molecule has 0 fully saturated rings. The van der Waals surface area contributed by atoms with Gasteiger partial charge in [-0.25, -0.2) is 0 Å². The van der Waals surface area contributed by atoms with Gasteiger partial charge in [-0.15, -0.1) is 0 Å². The van der Waals surface area contributed by atoms with Crippen LogP contribution in [0.4, 0.5) is 0 Å². The van der Waals surface area contributed by atoms with E-state index in [1.165, 1.54) is 0 Å². The van der Waals surface area contributed by atoms with E-state index in [4.69, 9.17) is 33.0 Å². The molecule has 0 saturated heterocycles. The zero-order valence-corrected chi connectivity index (χ0v) is 12.2. The third-order valence-electron chi connectivity index (χ3n) is 2.80. The lowest BCUT2D eigenvalue weighted by molar-refractivity contribution is 0.280. The largest absolute Gasteiger partial charge is 0.486 e. The average Bonchev–Trinajstić information content (AvgIpc) is 2.62. The van der Waals surface area contributed by atoms with Crippen LogP contribution in [0.2, 0.25) is 10.0 Å². The quantitative estimate of drug-likeness (QED) is 0.944. The Labute approximate surface area is 121 Å². The predicted octanol–water partition coefficient (Wildman–Crippen LogP) is 3.11. The van der Waals surface area contributed by atoms with Crippen molar-refractivity contribution in [1.29, 1.82) is 0 Å². The summed E-state index contributed by atoms with van der Waals surface area (Å²) in [5.74, 6) is 0.550. The second-order valence-corrected chi connectivity index (χ2v) is 4.97. The third-order valence-corrected chi connectivity index (χ3v) is 3.59. The first-order valence-corrected chi connectivity index (χ1v) is 6.48. The van der Waals surface area contributed by atoms with E-state index in [9.17, 15) is 0 Å². The van der Waals surface area contributed by atoms with Gasteiger partial charge in [-0.3, -0.25) is 4.68 Å². The first kappa shape index (κ1) is 14.2. The van der Waals surface area contributed by atoms with Gasteiger partial charge >= 0.3 is 0 Å². The van der Waals surface area contributed by atoms with Gasteiger partial charge in [0.05, 0.1) is 28.0 Å². The van der Waals surface area contributed by atoms with Crippen LogP contribution in [0.25, 0.3) is 0 Å². The second-order valence-electron chi connectivity index (χ2n) is 4.18. The summed E-state index contributed by atoms with van der Waals surface area (Å²) in [5, 5.41) is 14.3. The summed E-state index contributed by atoms with van der Waals surface area (Å²) in [7, 11) is 1.81. The Kier molecular flexibility index (Phi) is 4.34. The van der Waals surface area contributed by atoms with Crippen molar-refractivity contribution in [2.75, 3.05) is 0 Å². The molecule has 1 heterocycles. The molecule has 2 rings (SSSR count). The Morgan fingerprint density at radius 1 is 1.37 bits per heavy atom. The zero-order valence-electron chi connectivity index (χ0n) is 10.7. The Balaban J connectivity index is 2.14. The van der Waals surface area contributed by atoms with Crippen LogP contribution in [0, 0.1) is 6.92 Å². The highest BCUT2D eigenvalue weighted by Crippen LogP contribution is 2.27. The maximum atomic E-state index is 9.01. The van der Waals surface area contributed by atoms with Crippen molar-refractivity contribution in [3.8, 4) is 5.75 Å². The third kappa shape index (κ3) is 3.03. The van der Waals surface area contributed by atoms with Crippen molar-refractivity contribution in [3.05, 3.63) is 45.2 Å². The zero-order chi connectivity index (χ0) is 14.0. The number of hydrogen-bond acceptors (Lipinski definition) is 3. The van der Waals surface area contributed by atoms with E-state index in [0.717, 1.165) is 17.0 Å². The molecule has 0 unspecified atom stereocenters. The lowest BCUT2D eigenvalue weighted by Gasteiger charge is -2.09. The first-order valence-electron chi connectivity index (χ1n) is 5.73. The number of aliphatic hydroxyl groups is 1. The molecule has 1 aromatic heterocycles. The van der Waals surface area contributed by atoms with Crippen molar-refractivity contribution in [1.82, 2.24) is 9.78 Å². The minimum Gasteiger partial charge on any atom is -0.486 e. The molecule has 6 heteroatoms. The van der Waals surface area contributed by atoms with Gasteiger partial charge in [-0.05, 0) is 24.6 Å². The normalized spacial score (nSPS) is 10.8. The number of aliphatic hydroxyl groups excluding tert-OH is 1. The number of aryl methyl sites for hydroxylation is 2. The molecule has 0 radical (unpaired) electrons. The summed E-state index contributed by atoms with van der Waals surface area (Å²) in [6.45, 7) is 2.08. The number of halogens is 2. The van der Waals surface area contributed by atoms with Crippen LogP contribution in [0.5, 0.6) is 5.75 Å². The van der Waals surface area contributed by atoms with Crippen LogP contribution >= 0.6 is 23.2 Å². The fourth-order valence-electron chi connectivity index (χ4n) is 1.74. The highest BCUT2D eigenvalue weighted by Gasteiger charge is 2.12. The highest BCUT2D eigenvalue weighted by atomic mass is 35.5. The molecule has 0 saturated carbocycles. The summed E-state index contributed by atoms with van der Waals surface area (Å²) in [4.78, 5) is 0. The Morgan fingerprint density at radius 3 is 2.63 bits per heavy atom. The van der Waals surface area contributed by atoms with Crippen LogP contribution in [-0.2, 0) is 20.3 Å². The Morgan fingerprint density at radius 2 is 2.11 bits per heavy atom. The summed E-state index contributed by atoms with van der Waals surface area (Å²) < 4.78 is 7.33. The fourth-order valence-corrected chi connectivity index (χ4v) is 2.22. The molecule has 0 aliphatic carbocycles. The molecule has 1 N–H and O–H groups in total. The summed E-state index contributed by atoms with van der Waals surface area (Å²) in [5.41, 5.74) is 2.30. The first-order chi connectivity index (χ1) is 9.02. The topological polar surface area (TPSA) is 47.3 Å². The molecule has 1 aromatic carbocycles. The second kappa shape index (κ2) is 5.82. The van der Waals surface area contributed by atoms with Crippen molar-refractivity contribution in [3.63, 3.8) is 0 Å². The van der Waals surface area contributed by atoms with E-state index in [0.29, 0.717) is 15.8 Å². The molecule has 0 amide bonds. The molecule has 0 spiro atoms. The van der Waals surface area contributed by atoms with Gasteiger partial charge in [0.15, 0.2) is 0 Å². The summed E-state index contributed by atoms with van der Waals surface area (Å²) >= 11 is 12.2. The fraction of sp³-hybridized carbons (Fsp3) is 0.308. The van der Waals surface area contributed by atoms with E-state index in [-0.39, 0.29) is 13.2 Å². The minimum absolute atomic E-state index is 0.0489. The molecule has 19 heavy (non-hydrogen) atoms. The highest BCUT2D eigenvalue weighted by molar-refractivity contribution is 6.32. The van der Waals surface area contributed by atoms with Crippen molar-refractivity contribution < 1.29 is 9.84 Å². The van der Waals surface area contributed by atoms with E-state index >= 15 is 0 Å². The van der Waals surface area contributed by atoms with Gasteiger partial charge in [-0.1, -0.05) is 29.3 Å². The van der Waals surface area contributed by atoms with E-state index in [1.54, 1.807) is 22.9 Å². The molecule has 102 valence electrons. The number of rotatable bonds is 4. The van der Waals surface area contributed by atoms with Crippen molar-refractivity contribution >= 4 is 23.2 Å². The standard InChI is InChI=1S/C13H14Cl2N2O2/c1-8-13(15)11(17(2)16-8)7-19-12-4-3-9(6-18)5-10(12)14/h3-5,18H,6-7H2,1-2H3. The number of hydrogen-bond donors (Lipinski definition) is 1. The van der Waals surface area contributed by atoms with Gasteiger partial charge in [-0.2, -0.15) is 5.10 Å². The molecule has 0 atom stereocenters. The van der Waals surface area contributed by atoms with Crippen LogP contribution in [0.15, 0.2) is 18.2 Å². The Hall–Kier alpha value is -1.23. The lowest BCUT2D eigenvalue weighted by atomic mass is 10.2. The van der Waals surface area contributed by atoms with Crippen LogP contribution in [0.1, 0.15) is 17.0 Å². The minimum atomic E-state index is -0.0489. The number of aromatic nitrogens is 2. The van der Waals surface area contributed by atoms with Gasteiger partial charge in [0, 0.05) is 7.05 Å². The van der Waals surface area contributed by atoms with Gasteiger partial charge in [0.2, 0.25) is 0 Å². The maximum absolute atomic E-state index is 9.01. The average molecular weight is 301 g/mol. The molecule has 0 aliphatic heterocycles. The number of ether oxygens (including phenoxy) is 1. The SMILES string of the molecule is Cc1nn(C)c(COc2ccc(CO)cc2Cl)c1Cl. The maximum Gasteiger partial charge on any atom is 0.138 e. The number of nitrogens with zero attached hydrogens (tertiary/aromatic N) is 2. The van der Waals surface area contributed by atoms with Gasteiger partial charge in [0.25, 0.3) is 0 Å². The molecule has 0 aliphatic rings. The molecule has 2 aromatic rings. The van der Waals surface area contributed by atoms with E-state index in [2.05, 4.69) is 5.10 Å². The molecular formula is C13H14Cl2N2O2. The lowest BCUT2D eigenvalue weighted by Crippen LogP contribution is -2.04.